The summed E-state index contributed by atoms with van der Waals surface area (Å²) in [6.07, 6.45) is 9.08. The summed E-state index contributed by atoms with van der Waals surface area (Å²) >= 11 is 0. The molecule has 5 heterocycles. The lowest BCUT2D eigenvalue weighted by Gasteiger charge is -2.27. The van der Waals surface area contributed by atoms with E-state index >= 15 is 0 Å². The van der Waals surface area contributed by atoms with Crippen LogP contribution in [0.25, 0.3) is 22.6 Å². The zero-order chi connectivity index (χ0) is 24.5. The molecule has 1 aliphatic heterocycles. The van der Waals surface area contributed by atoms with E-state index in [1.54, 1.807) is 18.5 Å². The van der Waals surface area contributed by atoms with Crippen LogP contribution in [0.5, 0.6) is 0 Å². The maximum Gasteiger partial charge on any atom is 0.255 e. The molecule has 36 heavy (non-hydrogen) atoms. The molecule has 1 fully saturated rings. The van der Waals surface area contributed by atoms with Crippen molar-refractivity contribution < 1.29 is 9.53 Å². The Kier molecular flexibility index (Phi) is 5.67. The highest BCUT2D eigenvalue weighted by Gasteiger charge is 2.16. The van der Waals surface area contributed by atoms with Crippen LogP contribution < -0.4 is 10.2 Å². The van der Waals surface area contributed by atoms with Gasteiger partial charge < -0.3 is 15.0 Å². The first-order valence-corrected chi connectivity index (χ1v) is 11.8. The second kappa shape index (κ2) is 9.27. The second-order valence-electron chi connectivity index (χ2n) is 8.67. The first-order valence-electron chi connectivity index (χ1n) is 11.8. The van der Waals surface area contributed by atoms with Crippen molar-refractivity contribution in [1.82, 2.24) is 24.1 Å². The molecule has 180 valence electrons. The molecule has 0 bridgehead atoms. The minimum atomic E-state index is -0.182. The van der Waals surface area contributed by atoms with Crippen LogP contribution in [0.4, 0.5) is 11.5 Å². The molecule has 6 rings (SSSR count). The third-order valence-electron chi connectivity index (χ3n) is 6.36. The molecule has 1 amide bonds. The summed E-state index contributed by atoms with van der Waals surface area (Å²) in [6, 6.07) is 15.3. The quantitative estimate of drug-likeness (QED) is 0.410. The van der Waals surface area contributed by atoms with Gasteiger partial charge >= 0.3 is 0 Å². The van der Waals surface area contributed by atoms with E-state index in [1.165, 1.54) is 0 Å². The van der Waals surface area contributed by atoms with Gasteiger partial charge in [0.1, 0.15) is 5.82 Å². The van der Waals surface area contributed by atoms with Gasteiger partial charge in [-0.25, -0.2) is 14.5 Å². The first kappa shape index (κ1) is 22.0. The number of fused-ring (bicyclic) bond motifs is 1. The van der Waals surface area contributed by atoms with Crippen molar-refractivity contribution in [3.8, 4) is 16.9 Å². The summed E-state index contributed by atoms with van der Waals surface area (Å²) in [5.74, 6) is 0.603. The van der Waals surface area contributed by atoms with Gasteiger partial charge in [0, 0.05) is 60.8 Å². The van der Waals surface area contributed by atoms with Gasteiger partial charge in [0.2, 0.25) is 0 Å². The Hall–Kier alpha value is -4.50. The monoisotopic (exact) mass is 479 g/mol. The highest BCUT2D eigenvalue weighted by atomic mass is 16.5. The van der Waals surface area contributed by atoms with E-state index in [4.69, 9.17) is 4.74 Å². The number of pyridine rings is 2. The van der Waals surface area contributed by atoms with Crippen LogP contribution in [-0.4, -0.2) is 56.4 Å². The van der Waals surface area contributed by atoms with Gasteiger partial charge in [-0.1, -0.05) is 6.07 Å². The molecule has 0 saturated carbocycles. The van der Waals surface area contributed by atoms with Crippen LogP contribution in [0.3, 0.4) is 0 Å². The van der Waals surface area contributed by atoms with E-state index < -0.39 is 0 Å². The Balaban J connectivity index is 1.31. The number of carbonyl (C=O) groups excluding carboxylic acids is 1. The number of benzene rings is 1. The molecule has 1 saturated heterocycles. The maximum atomic E-state index is 13.1. The number of nitrogens with zero attached hydrogens (tertiary/aromatic N) is 6. The molecule has 9 heteroatoms. The molecule has 1 aromatic carbocycles. The number of aryl methyl sites for hydroxylation is 1. The molecule has 5 aromatic rings. The zero-order valence-electron chi connectivity index (χ0n) is 19.8. The van der Waals surface area contributed by atoms with Crippen molar-refractivity contribution >= 4 is 23.1 Å². The number of nitrogens with one attached hydrogen (secondary N) is 1. The van der Waals surface area contributed by atoms with Crippen LogP contribution in [0.1, 0.15) is 15.9 Å². The topological polar surface area (TPSA) is 89.6 Å². The third-order valence-corrected chi connectivity index (χ3v) is 6.36. The molecular formula is C27H25N7O2. The van der Waals surface area contributed by atoms with Crippen LogP contribution >= 0.6 is 0 Å². The van der Waals surface area contributed by atoms with E-state index in [-0.39, 0.29) is 5.91 Å². The first-order chi connectivity index (χ1) is 17.7. The smallest absolute Gasteiger partial charge is 0.255 e. The summed E-state index contributed by atoms with van der Waals surface area (Å²) in [7, 11) is 0. The van der Waals surface area contributed by atoms with Crippen molar-refractivity contribution in [2.75, 3.05) is 36.5 Å². The number of amides is 1. The van der Waals surface area contributed by atoms with E-state index in [2.05, 4.69) is 25.2 Å². The number of aromatic nitrogens is 5. The number of morpholine rings is 1. The molecule has 0 radical (unpaired) electrons. The number of hydrogen-bond acceptors (Lipinski definition) is 6. The Labute approximate surface area is 208 Å². The van der Waals surface area contributed by atoms with Gasteiger partial charge in [0.25, 0.3) is 5.91 Å². The van der Waals surface area contributed by atoms with Gasteiger partial charge in [-0.15, -0.1) is 0 Å². The largest absolute Gasteiger partial charge is 0.378 e. The van der Waals surface area contributed by atoms with E-state index in [9.17, 15) is 4.79 Å². The average molecular weight is 480 g/mol. The standard InChI is InChI=1S/C27H25N7O2/c1-19-4-5-22(31-27(35)20-6-9-29-26(15-20)32-11-13-36-14-12-32)16-23(19)33-10-7-25-30-18-24(34(25)33)21-3-2-8-28-17-21/h2-10,15-18H,11-14H2,1H3,(H,31,35). The molecule has 0 spiro atoms. The minimum Gasteiger partial charge on any atom is -0.378 e. The zero-order valence-corrected chi connectivity index (χ0v) is 19.8. The number of rotatable bonds is 5. The minimum absolute atomic E-state index is 0.182. The SMILES string of the molecule is Cc1ccc(NC(=O)c2ccnc(N3CCOCC3)c2)cc1-n1ccc2ncc(-c3cccnc3)n21. The number of imidazole rings is 1. The predicted molar refractivity (Wildman–Crippen MR) is 138 cm³/mol. The summed E-state index contributed by atoms with van der Waals surface area (Å²) in [6.45, 7) is 4.90. The predicted octanol–water partition coefficient (Wildman–Crippen LogP) is 3.98. The second-order valence-corrected chi connectivity index (χ2v) is 8.67. The lowest BCUT2D eigenvalue weighted by Crippen LogP contribution is -2.36. The highest BCUT2D eigenvalue weighted by molar-refractivity contribution is 6.04. The summed E-state index contributed by atoms with van der Waals surface area (Å²) in [4.78, 5) is 28.5. The van der Waals surface area contributed by atoms with Crippen LogP contribution in [0, 0.1) is 6.92 Å². The number of anilines is 2. The van der Waals surface area contributed by atoms with Gasteiger partial charge in [-0.2, -0.15) is 0 Å². The normalized spacial score (nSPS) is 13.8. The van der Waals surface area contributed by atoms with Crippen molar-refractivity contribution in [2.24, 2.45) is 0 Å². The van der Waals surface area contributed by atoms with E-state index in [1.807, 2.05) is 77.2 Å². The molecule has 0 unspecified atom stereocenters. The van der Waals surface area contributed by atoms with Crippen molar-refractivity contribution in [2.45, 2.75) is 6.92 Å². The fourth-order valence-electron chi connectivity index (χ4n) is 4.47. The number of carbonyl (C=O) groups is 1. The van der Waals surface area contributed by atoms with Gasteiger partial charge in [0.15, 0.2) is 5.65 Å². The lowest BCUT2D eigenvalue weighted by molar-refractivity contribution is 0.102. The van der Waals surface area contributed by atoms with Crippen molar-refractivity contribution in [3.63, 3.8) is 0 Å². The van der Waals surface area contributed by atoms with E-state index in [0.717, 1.165) is 47.1 Å². The van der Waals surface area contributed by atoms with Crippen LogP contribution in [-0.2, 0) is 4.74 Å². The summed E-state index contributed by atoms with van der Waals surface area (Å²) in [5.41, 5.74) is 6.01. The molecule has 0 aliphatic carbocycles. The van der Waals surface area contributed by atoms with Gasteiger partial charge in [-0.3, -0.25) is 14.5 Å². The molecule has 1 N–H and O–H groups in total. The van der Waals surface area contributed by atoms with Gasteiger partial charge in [-0.05, 0) is 48.9 Å². The molecule has 0 atom stereocenters. The molecule has 1 aliphatic rings. The third kappa shape index (κ3) is 4.09. The van der Waals surface area contributed by atoms with Crippen molar-refractivity contribution in [3.05, 3.63) is 90.6 Å². The maximum absolute atomic E-state index is 13.1. The Morgan fingerprint density at radius 1 is 1.00 bits per heavy atom. The number of hydrogen-bond donors (Lipinski definition) is 1. The fourth-order valence-corrected chi connectivity index (χ4v) is 4.47. The average Bonchev–Trinajstić information content (AvgIpc) is 3.54. The molecule has 9 nitrogen and oxygen atoms in total. The summed E-state index contributed by atoms with van der Waals surface area (Å²) < 4.78 is 9.51. The Morgan fingerprint density at radius 2 is 1.89 bits per heavy atom. The van der Waals surface area contributed by atoms with Gasteiger partial charge in [0.05, 0.1) is 30.8 Å². The lowest BCUT2D eigenvalue weighted by atomic mass is 10.1. The highest BCUT2D eigenvalue weighted by Crippen LogP contribution is 2.26. The van der Waals surface area contributed by atoms with Crippen LogP contribution in [0.15, 0.2) is 79.5 Å². The molecule has 4 aromatic heterocycles. The molecular weight excluding hydrogens is 454 g/mol. The number of ether oxygens (including phenoxy) is 1. The Morgan fingerprint density at radius 3 is 2.72 bits per heavy atom. The van der Waals surface area contributed by atoms with E-state index in [0.29, 0.717) is 24.5 Å². The van der Waals surface area contributed by atoms with Crippen molar-refractivity contribution in [1.29, 1.82) is 0 Å². The fraction of sp³-hybridized carbons (Fsp3) is 0.185. The van der Waals surface area contributed by atoms with Crippen LogP contribution in [0.2, 0.25) is 0 Å². The Bertz CT molecular complexity index is 1530. The summed E-state index contributed by atoms with van der Waals surface area (Å²) in [5, 5.41) is 3.05.